The van der Waals surface area contributed by atoms with E-state index in [1.165, 1.54) is 13.3 Å². The van der Waals surface area contributed by atoms with E-state index >= 15 is 0 Å². The predicted octanol–water partition coefficient (Wildman–Crippen LogP) is 5.14. The van der Waals surface area contributed by atoms with Gasteiger partial charge in [-0.3, -0.25) is 4.98 Å². The number of methoxy groups -OCH3 is 2. The van der Waals surface area contributed by atoms with Gasteiger partial charge >= 0.3 is 0 Å². The van der Waals surface area contributed by atoms with Gasteiger partial charge in [-0.25, -0.2) is 8.42 Å². The van der Waals surface area contributed by atoms with Crippen molar-refractivity contribution in [2.45, 2.75) is 16.7 Å². The van der Waals surface area contributed by atoms with Crippen molar-refractivity contribution in [3.8, 4) is 11.5 Å². The van der Waals surface area contributed by atoms with Gasteiger partial charge in [0.25, 0.3) is 0 Å². The van der Waals surface area contributed by atoms with Crippen LogP contribution in [0.25, 0.3) is 10.9 Å². The standard InChI is InChI=1S/C24H22N2O4S/c1-16-9-11-18(12-10-16)31(27,28)23-15-25-20-14-22(30-3)21(29-2)13-19(20)24(23)26-17-7-5-4-6-8-17/h4-15H,1-3H3,(H,25,26). The lowest BCUT2D eigenvalue weighted by Crippen LogP contribution is -2.07. The number of pyridine rings is 1. The zero-order valence-electron chi connectivity index (χ0n) is 17.4. The first kappa shape index (κ1) is 20.7. The molecule has 4 aromatic rings. The molecule has 7 heteroatoms. The number of fused-ring (bicyclic) bond motifs is 1. The molecular formula is C24H22N2O4S. The van der Waals surface area contributed by atoms with Crippen LogP contribution in [0.15, 0.2) is 82.7 Å². The number of para-hydroxylation sites is 1. The summed E-state index contributed by atoms with van der Waals surface area (Å²) < 4.78 is 37.9. The maximum atomic E-state index is 13.5. The molecule has 0 atom stereocenters. The van der Waals surface area contributed by atoms with Gasteiger partial charge in [0, 0.05) is 23.3 Å². The van der Waals surface area contributed by atoms with E-state index in [0.29, 0.717) is 28.1 Å². The highest BCUT2D eigenvalue weighted by Crippen LogP contribution is 2.39. The molecule has 1 aromatic heterocycles. The second kappa shape index (κ2) is 8.28. The van der Waals surface area contributed by atoms with Gasteiger partial charge in [0.15, 0.2) is 11.5 Å². The van der Waals surface area contributed by atoms with Crippen LogP contribution in [0.1, 0.15) is 5.56 Å². The van der Waals surface area contributed by atoms with Gasteiger partial charge in [-0.05, 0) is 37.3 Å². The average Bonchev–Trinajstić information content (AvgIpc) is 2.79. The van der Waals surface area contributed by atoms with Crippen LogP contribution in [0.2, 0.25) is 0 Å². The summed E-state index contributed by atoms with van der Waals surface area (Å²) in [6.45, 7) is 1.91. The Hall–Kier alpha value is -3.58. The molecule has 0 amide bonds. The number of aromatic nitrogens is 1. The minimum atomic E-state index is -3.83. The summed E-state index contributed by atoms with van der Waals surface area (Å²) >= 11 is 0. The molecule has 0 unspecified atom stereocenters. The fourth-order valence-corrected chi connectivity index (χ4v) is 4.71. The zero-order chi connectivity index (χ0) is 22.0. The molecule has 0 radical (unpaired) electrons. The Morgan fingerprint density at radius 2 is 1.52 bits per heavy atom. The Morgan fingerprint density at radius 3 is 2.16 bits per heavy atom. The van der Waals surface area contributed by atoms with Crippen LogP contribution in [0.3, 0.4) is 0 Å². The summed E-state index contributed by atoms with van der Waals surface area (Å²) in [6.07, 6.45) is 1.38. The van der Waals surface area contributed by atoms with E-state index in [2.05, 4.69) is 10.3 Å². The minimum Gasteiger partial charge on any atom is -0.493 e. The number of hydrogen-bond donors (Lipinski definition) is 1. The van der Waals surface area contributed by atoms with Crippen LogP contribution >= 0.6 is 0 Å². The Morgan fingerprint density at radius 1 is 0.871 bits per heavy atom. The Kier molecular flexibility index (Phi) is 5.52. The van der Waals surface area contributed by atoms with E-state index < -0.39 is 9.84 Å². The minimum absolute atomic E-state index is 0.0833. The Labute approximate surface area is 181 Å². The third-order valence-electron chi connectivity index (χ3n) is 5.00. The monoisotopic (exact) mass is 434 g/mol. The Balaban J connectivity index is 2.00. The molecule has 158 valence electrons. The van der Waals surface area contributed by atoms with Gasteiger partial charge in [-0.15, -0.1) is 0 Å². The molecule has 0 aliphatic carbocycles. The molecule has 0 bridgehead atoms. The van der Waals surface area contributed by atoms with Gasteiger partial charge in [0.05, 0.1) is 30.3 Å². The maximum absolute atomic E-state index is 13.5. The number of ether oxygens (including phenoxy) is 2. The van der Waals surface area contributed by atoms with Crippen molar-refractivity contribution in [1.82, 2.24) is 4.98 Å². The highest BCUT2D eigenvalue weighted by Gasteiger charge is 2.25. The quantitative estimate of drug-likeness (QED) is 0.453. The summed E-state index contributed by atoms with van der Waals surface area (Å²) in [6, 6.07) is 19.6. The van der Waals surface area contributed by atoms with E-state index in [1.807, 2.05) is 37.3 Å². The van der Waals surface area contributed by atoms with Crippen LogP contribution in [0.4, 0.5) is 11.4 Å². The summed E-state index contributed by atoms with van der Waals surface area (Å²) in [7, 11) is -0.750. The molecule has 6 nitrogen and oxygen atoms in total. The van der Waals surface area contributed by atoms with Crippen LogP contribution in [-0.2, 0) is 9.84 Å². The first-order valence-corrected chi connectivity index (χ1v) is 11.1. The number of nitrogens with zero attached hydrogens (tertiary/aromatic N) is 1. The van der Waals surface area contributed by atoms with Crippen molar-refractivity contribution in [2.24, 2.45) is 0 Å². The van der Waals surface area contributed by atoms with E-state index in [9.17, 15) is 8.42 Å². The molecule has 0 aliphatic rings. The van der Waals surface area contributed by atoms with Crippen LogP contribution < -0.4 is 14.8 Å². The van der Waals surface area contributed by atoms with Crippen molar-refractivity contribution in [2.75, 3.05) is 19.5 Å². The fraction of sp³-hybridized carbons (Fsp3) is 0.125. The van der Waals surface area contributed by atoms with Gasteiger partial charge < -0.3 is 14.8 Å². The van der Waals surface area contributed by atoms with Crippen molar-refractivity contribution < 1.29 is 17.9 Å². The second-order valence-corrected chi connectivity index (χ2v) is 8.95. The number of rotatable bonds is 6. The molecule has 0 saturated heterocycles. The molecule has 0 spiro atoms. The number of anilines is 2. The number of nitrogens with one attached hydrogen (secondary N) is 1. The van der Waals surface area contributed by atoms with Crippen LogP contribution in [0.5, 0.6) is 11.5 Å². The largest absolute Gasteiger partial charge is 0.493 e. The van der Waals surface area contributed by atoms with Crippen LogP contribution in [0, 0.1) is 6.92 Å². The lowest BCUT2D eigenvalue weighted by molar-refractivity contribution is 0.356. The average molecular weight is 435 g/mol. The summed E-state index contributed by atoms with van der Waals surface area (Å²) in [5, 5.41) is 3.88. The molecule has 0 fully saturated rings. The first-order valence-electron chi connectivity index (χ1n) is 9.62. The van der Waals surface area contributed by atoms with Gasteiger partial charge in [0.1, 0.15) is 4.90 Å². The maximum Gasteiger partial charge on any atom is 0.210 e. The van der Waals surface area contributed by atoms with Crippen molar-refractivity contribution in [3.05, 3.63) is 78.5 Å². The van der Waals surface area contributed by atoms with Crippen LogP contribution in [-0.4, -0.2) is 27.6 Å². The second-order valence-electron chi connectivity index (χ2n) is 7.03. The lowest BCUT2D eigenvalue weighted by atomic mass is 10.1. The van der Waals surface area contributed by atoms with Gasteiger partial charge in [-0.2, -0.15) is 0 Å². The molecule has 0 saturated carbocycles. The molecule has 0 aliphatic heterocycles. The molecule has 1 heterocycles. The topological polar surface area (TPSA) is 77.5 Å². The summed E-state index contributed by atoms with van der Waals surface area (Å²) in [4.78, 5) is 4.71. The molecule has 4 rings (SSSR count). The summed E-state index contributed by atoms with van der Waals surface area (Å²) in [5.41, 5.74) is 2.75. The number of aryl methyl sites for hydroxylation is 1. The van der Waals surface area contributed by atoms with E-state index in [0.717, 1.165) is 11.3 Å². The van der Waals surface area contributed by atoms with Gasteiger partial charge in [-0.1, -0.05) is 35.9 Å². The molecule has 31 heavy (non-hydrogen) atoms. The van der Waals surface area contributed by atoms with Gasteiger partial charge in [0.2, 0.25) is 9.84 Å². The van der Waals surface area contributed by atoms with E-state index in [-0.39, 0.29) is 9.79 Å². The van der Waals surface area contributed by atoms with E-state index in [4.69, 9.17) is 9.47 Å². The first-order chi connectivity index (χ1) is 14.9. The van der Waals surface area contributed by atoms with Crippen molar-refractivity contribution >= 4 is 32.1 Å². The highest BCUT2D eigenvalue weighted by molar-refractivity contribution is 7.91. The fourth-order valence-electron chi connectivity index (χ4n) is 3.34. The third kappa shape index (κ3) is 3.92. The number of hydrogen-bond acceptors (Lipinski definition) is 6. The molecule has 1 N–H and O–H groups in total. The summed E-state index contributed by atoms with van der Waals surface area (Å²) in [5.74, 6) is 1.00. The highest BCUT2D eigenvalue weighted by atomic mass is 32.2. The molecular weight excluding hydrogens is 412 g/mol. The molecule has 3 aromatic carbocycles. The SMILES string of the molecule is COc1cc2ncc(S(=O)(=O)c3ccc(C)cc3)c(Nc3ccccc3)c2cc1OC. The van der Waals surface area contributed by atoms with E-state index in [1.54, 1.807) is 43.5 Å². The number of benzene rings is 3. The zero-order valence-corrected chi connectivity index (χ0v) is 18.2. The third-order valence-corrected chi connectivity index (χ3v) is 6.78. The lowest BCUT2D eigenvalue weighted by Gasteiger charge is -2.17. The number of sulfone groups is 1. The predicted molar refractivity (Wildman–Crippen MR) is 121 cm³/mol. The Bertz CT molecular complexity index is 1340. The van der Waals surface area contributed by atoms with Crippen molar-refractivity contribution in [3.63, 3.8) is 0 Å². The smallest absolute Gasteiger partial charge is 0.210 e. The normalized spacial score (nSPS) is 11.3. The van der Waals surface area contributed by atoms with Crippen molar-refractivity contribution in [1.29, 1.82) is 0 Å².